The van der Waals surface area contributed by atoms with E-state index < -0.39 is 0 Å². The van der Waals surface area contributed by atoms with Crippen LogP contribution in [0.3, 0.4) is 0 Å². The van der Waals surface area contributed by atoms with Crippen LogP contribution in [0, 0.1) is 13.8 Å². The Kier molecular flexibility index (Phi) is 4.93. The molecule has 2 N–H and O–H groups in total. The summed E-state index contributed by atoms with van der Waals surface area (Å²) in [6, 6.07) is 12.1. The van der Waals surface area contributed by atoms with Crippen LogP contribution < -0.4 is 15.4 Å². The van der Waals surface area contributed by atoms with Crippen LogP contribution in [-0.2, 0) is 4.79 Å². The molecule has 0 radical (unpaired) electrons. The first-order valence-electron chi connectivity index (χ1n) is 9.18. The minimum atomic E-state index is -0.259. The van der Waals surface area contributed by atoms with Gasteiger partial charge in [0.2, 0.25) is 11.8 Å². The number of nitrogens with zero attached hydrogens (tertiary/aromatic N) is 3. The van der Waals surface area contributed by atoms with E-state index in [1.54, 1.807) is 62.5 Å². The number of aromatic nitrogens is 3. The van der Waals surface area contributed by atoms with Crippen molar-refractivity contribution in [3.63, 3.8) is 0 Å². The lowest BCUT2D eigenvalue weighted by molar-refractivity contribution is -0.114. The first kappa shape index (κ1) is 19.2. The first-order chi connectivity index (χ1) is 14.4. The maximum absolute atomic E-state index is 12.5. The SMILES string of the molecule is CC(=O)Nc1cn2nc(Oc3cccc(NC(=O)c4cc(C)oc4C)c3)ccc2n1. The topological polar surface area (TPSA) is 111 Å². The zero-order valence-electron chi connectivity index (χ0n) is 16.6. The molecule has 0 unspecified atom stereocenters. The minimum absolute atomic E-state index is 0.213. The van der Waals surface area contributed by atoms with Crippen LogP contribution in [0.2, 0.25) is 0 Å². The van der Waals surface area contributed by atoms with Gasteiger partial charge in [-0.25, -0.2) is 9.50 Å². The highest BCUT2D eigenvalue weighted by Crippen LogP contribution is 2.24. The predicted molar refractivity (Wildman–Crippen MR) is 110 cm³/mol. The van der Waals surface area contributed by atoms with Crippen molar-refractivity contribution in [1.82, 2.24) is 14.6 Å². The number of furan rings is 1. The summed E-state index contributed by atoms with van der Waals surface area (Å²) in [5.41, 5.74) is 1.63. The summed E-state index contributed by atoms with van der Waals surface area (Å²) in [7, 11) is 0. The number of imidazole rings is 1. The van der Waals surface area contributed by atoms with Gasteiger partial charge in [0.25, 0.3) is 5.91 Å². The highest BCUT2D eigenvalue weighted by atomic mass is 16.5. The van der Waals surface area contributed by atoms with E-state index in [9.17, 15) is 9.59 Å². The number of hydrogen-bond donors (Lipinski definition) is 2. The Balaban J connectivity index is 1.50. The maximum Gasteiger partial charge on any atom is 0.259 e. The second-order valence-electron chi connectivity index (χ2n) is 6.69. The summed E-state index contributed by atoms with van der Waals surface area (Å²) < 4.78 is 12.7. The van der Waals surface area contributed by atoms with E-state index in [0.717, 1.165) is 0 Å². The van der Waals surface area contributed by atoms with Crippen molar-refractivity contribution in [3.05, 3.63) is 65.7 Å². The minimum Gasteiger partial charge on any atom is -0.466 e. The number of aryl methyl sites for hydroxylation is 2. The zero-order valence-corrected chi connectivity index (χ0v) is 16.6. The summed E-state index contributed by atoms with van der Waals surface area (Å²) in [5, 5.41) is 9.78. The number of nitrogens with one attached hydrogen (secondary N) is 2. The van der Waals surface area contributed by atoms with Gasteiger partial charge in [-0.05, 0) is 38.1 Å². The molecule has 3 aromatic heterocycles. The maximum atomic E-state index is 12.5. The lowest BCUT2D eigenvalue weighted by Gasteiger charge is -2.08. The van der Waals surface area contributed by atoms with Crippen LogP contribution in [0.25, 0.3) is 5.65 Å². The van der Waals surface area contributed by atoms with Gasteiger partial charge >= 0.3 is 0 Å². The van der Waals surface area contributed by atoms with Crippen LogP contribution >= 0.6 is 0 Å². The van der Waals surface area contributed by atoms with Crippen molar-refractivity contribution >= 4 is 29.0 Å². The Labute approximate surface area is 171 Å². The summed E-state index contributed by atoms with van der Waals surface area (Å²) in [6.07, 6.45) is 1.59. The molecule has 1 aromatic carbocycles. The van der Waals surface area contributed by atoms with Gasteiger partial charge < -0.3 is 19.8 Å². The molecule has 0 atom stereocenters. The van der Waals surface area contributed by atoms with Crippen molar-refractivity contribution in [2.24, 2.45) is 0 Å². The van der Waals surface area contributed by atoms with Crippen molar-refractivity contribution < 1.29 is 18.7 Å². The Morgan fingerprint density at radius 1 is 1.10 bits per heavy atom. The lowest BCUT2D eigenvalue weighted by atomic mass is 10.2. The molecular formula is C21H19N5O4. The average molecular weight is 405 g/mol. The zero-order chi connectivity index (χ0) is 21.3. The third-order valence-electron chi connectivity index (χ3n) is 4.20. The molecule has 152 valence electrons. The molecule has 0 spiro atoms. The molecule has 0 aliphatic rings. The Morgan fingerprint density at radius 3 is 2.67 bits per heavy atom. The van der Waals surface area contributed by atoms with E-state index >= 15 is 0 Å². The van der Waals surface area contributed by atoms with Crippen molar-refractivity contribution in [1.29, 1.82) is 0 Å². The molecule has 30 heavy (non-hydrogen) atoms. The molecule has 0 bridgehead atoms. The number of carbonyl (C=O) groups is 2. The number of carbonyl (C=O) groups excluding carboxylic acids is 2. The average Bonchev–Trinajstić information content (AvgIpc) is 3.22. The molecule has 0 saturated heterocycles. The second kappa shape index (κ2) is 7.70. The smallest absolute Gasteiger partial charge is 0.259 e. The third kappa shape index (κ3) is 4.14. The second-order valence-corrected chi connectivity index (χ2v) is 6.69. The van der Waals surface area contributed by atoms with E-state index in [1.165, 1.54) is 11.4 Å². The van der Waals surface area contributed by atoms with Gasteiger partial charge in [0.1, 0.15) is 17.3 Å². The monoisotopic (exact) mass is 405 g/mol. The van der Waals surface area contributed by atoms with E-state index in [0.29, 0.717) is 45.9 Å². The number of rotatable bonds is 5. The lowest BCUT2D eigenvalue weighted by Crippen LogP contribution is -2.12. The fourth-order valence-corrected chi connectivity index (χ4v) is 2.97. The molecule has 0 aliphatic carbocycles. The number of hydrogen-bond acceptors (Lipinski definition) is 6. The summed E-state index contributed by atoms with van der Waals surface area (Å²) in [6.45, 7) is 4.95. The number of amides is 2. The van der Waals surface area contributed by atoms with Crippen molar-refractivity contribution in [2.45, 2.75) is 20.8 Å². The highest BCUT2D eigenvalue weighted by Gasteiger charge is 2.14. The van der Waals surface area contributed by atoms with E-state index in [1.807, 2.05) is 0 Å². The number of anilines is 2. The largest absolute Gasteiger partial charge is 0.466 e. The van der Waals surface area contributed by atoms with E-state index in [4.69, 9.17) is 9.15 Å². The molecule has 3 heterocycles. The number of fused-ring (bicyclic) bond motifs is 1. The predicted octanol–water partition coefficient (Wildman–Crippen LogP) is 3.94. The standard InChI is InChI=1S/C21H19N5O4/c1-12-9-17(13(2)29-12)21(28)23-15-5-4-6-16(10-15)30-20-8-7-19-24-18(22-14(3)27)11-26(19)25-20/h4-11H,1-3H3,(H,22,27)(H,23,28). The van der Waals surface area contributed by atoms with Crippen LogP contribution in [0.4, 0.5) is 11.5 Å². The molecule has 0 fully saturated rings. The molecule has 0 aliphatic heterocycles. The number of benzene rings is 1. The van der Waals surface area contributed by atoms with Crippen LogP contribution in [0.15, 0.2) is 53.1 Å². The van der Waals surface area contributed by atoms with Crippen molar-refractivity contribution in [3.8, 4) is 11.6 Å². The highest BCUT2D eigenvalue weighted by molar-refractivity contribution is 6.05. The molecule has 0 saturated carbocycles. The molecule has 2 amide bonds. The van der Waals surface area contributed by atoms with Gasteiger partial charge in [-0.1, -0.05) is 6.07 Å². The molecular weight excluding hydrogens is 386 g/mol. The summed E-state index contributed by atoms with van der Waals surface area (Å²) >= 11 is 0. The van der Waals surface area contributed by atoms with E-state index in [-0.39, 0.29) is 11.8 Å². The van der Waals surface area contributed by atoms with E-state index in [2.05, 4.69) is 20.7 Å². The van der Waals surface area contributed by atoms with Crippen molar-refractivity contribution in [2.75, 3.05) is 10.6 Å². The van der Waals surface area contributed by atoms with Gasteiger partial charge in [-0.2, -0.15) is 0 Å². The first-order valence-corrected chi connectivity index (χ1v) is 9.18. The Morgan fingerprint density at radius 2 is 1.93 bits per heavy atom. The van der Waals surface area contributed by atoms with Gasteiger partial charge in [-0.3, -0.25) is 9.59 Å². The summed E-state index contributed by atoms with van der Waals surface area (Å²) in [5.74, 6) is 2.01. The molecule has 4 aromatic rings. The summed E-state index contributed by atoms with van der Waals surface area (Å²) in [4.78, 5) is 27.9. The molecule has 4 rings (SSSR count). The fraction of sp³-hybridized carbons (Fsp3) is 0.143. The van der Waals surface area contributed by atoms with Gasteiger partial charge in [-0.15, -0.1) is 5.10 Å². The third-order valence-corrected chi connectivity index (χ3v) is 4.20. The van der Waals surface area contributed by atoms with Crippen LogP contribution in [0.1, 0.15) is 28.8 Å². The van der Waals surface area contributed by atoms with Gasteiger partial charge in [0.05, 0.1) is 11.8 Å². The normalized spacial score (nSPS) is 10.8. The quantitative estimate of drug-likeness (QED) is 0.520. The molecule has 9 heteroatoms. The van der Waals surface area contributed by atoms with Gasteiger partial charge in [0.15, 0.2) is 11.5 Å². The Hall–Kier alpha value is -4.14. The fourth-order valence-electron chi connectivity index (χ4n) is 2.97. The molecule has 9 nitrogen and oxygen atoms in total. The van der Waals surface area contributed by atoms with Gasteiger partial charge in [0, 0.05) is 24.7 Å². The van der Waals surface area contributed by atoms with Crippen LogP contribution in [0.5, 0.6) is 11.6 Å². The van der Waals surface area contributed by atoms with Crippen LogP contribution in [-0.4, -0.2) is 26.4 Å². The Bertz CT molecular complexity index is 1260. The number of ether oxygens (including phenoxy) is 1.